The highest BCUT2D eigenvalue weighted by Crippen LogP contribution is 2.38. The summed E-state index contributed by atoms with van der Waals surface area (Å²) in [5.74, 6) is 1.21. The highest BCUT2D eigenvalue weighted by molar-refractivity contribution is 6.33. The fraction of sp³-hybridized carbons (Fsp3) is 0.200. The van der Waals surface area contributed by atoms with E-state index in [1.54, 1.807) is 7.11 Å². The van der Waals surface area contributed by atoms with Crippen LogP contribution in [0.4, 0.5) is 11.4 Å². The summed E-state index contributed by atoms with van der Waals surface area (Å²) in [6.45, 7) is 0. The summed E-state index contributed by atoms with van der Waals surface area (Å²) in [6.07, 6.45) is 0. The number of nitrogens with zero attached hydrogens (tertiary/aromatic N) is 1. The molecule has 0 radical (unpaired) electrons. The second-order valence-electron chi connectivity index (χ2n) is 4.11. The van der Waals surface area contributed by atoms with E-state index in [0.717, 1.165) is 22.7 Å². The van der Waals surface area contributed by atoms with E-state index in [1.165, 1.54) is 0 Å². The van der Waals surface area contributed by atoms with Crippen LogP contribution in [0.1, 0.15) is 5.56 Å². The van der Waals surface area contributed by atoms with Crippen molar-refractivity contribution in [2.75, 3.05) is 19.1 Å². The first kappa shape index (κ1) is 14.0. The molecule has 0 aromatic heterocycles. The molecule has 0 spiro atoms. The molecule has 0 atom stereocenters. The van der Waals surface area contributed by atoms with Crippen LogP contribution in [0.15, 0.2) is 42.5 Å². The maximum atomic E-state index is 6.31. The Balaban J connectivity index is 2.52. The summed E-state index contributed by atoms with van der Waals surface area (Å²) in [6, 6.07) is 13.5. The van der Waals surface area contributed by atoms with Gasteiger partial charge < -0.3 is 9.64 Å². The van der Waals surface area contributed by atoms with Crippen molar-refractivity contribution in [3.8, 4) is 5.75 Å². The van der Waals surface area contributed by atoms with Crippen LogP contribution in [0.2, 0.25) is 5.02 Å². The molecule has 0 aliphatic rings. The molecule has 100 valence electrons. The Kier molecular flexibility index (Phi) is 4.56. The monoisotopic (exact) mass is 295 g/mol. The first-order chi connectivity index (χ1) is 9.19. The van der Waals surface area contributed by atoms with Crippen LogP contribution in [-0.4, -0.2) is 14.2 Å². The molecule has 2 nitrogen and oxygen atoms in total. The number of alkyl halides is 1. The van der Waals surface area contributed by atoms with Crippen molar-refractivity contribution in [3.05, 3.63) is 53.1 Å². The Labute approximate surface area is 123 Å². The minimum atomic E-state index is 0.412. The normalized spacial score (nSPS) is 10.3. The minimum Gasteiger partial charge on any atom is -0.495 e. The molecule has 0 saturated carbocycles. The van der Waals surface area contributed by atoms with Gasteiger partial charge in [-0.15, -0.1) is 11.6 Å². The van der Waals surface area contributed by atoms with E-state index >= 15 is 0 Å². The molecular formula is C15H15Cl2NO. The van der Waals surface area contributed by atoms with E-state index in [0.29, 0.717) is 10.9 Å². The lowest BCUT2D eigenvalue weighted by atomic mass is 10.1. The molecule has 0 N–H and O–H groups in total. The van der Waals surface area contributed by atoms with Crippen molar-refractivity contribution in [3.63, 3.8) is 0 Å². The molecule has 0 aliphatic heterocycles. The van der Waals surface area contributed by atoms with Gasteiger partial charge in [-0.2, -0.15) is 0 Å². The first-order valence-corrected chi connectivity index (χ1v) is 6.80. The summed E-state index contributed by atoms with van der Waals surface area (Å²) < 4.78 is 5.38. The zero-order valence-corrected chi connectivity index (χ0v) is 12.4. The van der Waals surface area contributed by atoms with Crippen molar-refractivity contribution < 1.29 is 4.74 Å². The van der Waals surface area contributed by atoms with Crippen molar-refractivity contribution in [1.82, 2.24) is 0 Å². The van der Waals surface area contributed by atoms with Gasteiger partial charge in [0.15, 0.2) is 0 Å². The zero-order chi connectivity index (χ0) is 13.8. The lowest BCUT2D eigenvalue weighted by Gasteiger charge is -2.25. The highest BCUT2D eigenvalue weighted by Gasteiger charge is 2.15. The van der Waals surface area contributed by atoms with Gasteiger partial charge in [0, 0.05) is 12.9 Å². The Morgan fingerprint density at radius 1 is 1.11 bits per heavy atom. The molecule has 2 aromatic rings. The van der Waals surface area contributed by atoms with E-state index < -0.39 is 0 Å². The molecule has 2 aromatic carbocycles. The van der Waals surface area contributed by atoms with Gasteiger partial charge in [0.25, 0.3) is 0 Å². The number of halogens is 2. The smallest absolute Gasteiger partial charge is 0.142 e. The number of hydrogen-bond acceptors (Lipinski definition) is 2. The van der Waals surface area contributed by atoms with Gasteiger partial charge in [-0.3, -0.25) is 0 Å². The molecule has 4 heteroatoms. The summed E-state index contributed by atoms with van der Waals surface area (Å²) >= 11 is 12.3. The van der Waals surface area contributed by atoms with Gasteiger partial charge in [0.1, 0.15) is 5.75 Å². The minimum absolute atomic E-state index is 0.412. The van der Waals surface area contributed by atoms with Gasteiger partial charge >= 0.3 is 0 Å². The number of ether oxygens (including phenoxy) is 1. The maximum Gasteiger partial charge on any atom is 0.142 e. The largest absolute Gasteiger partial charge is 0.495 e. The summed E-state index contributed by atoms with van der Waals surface area (Å²) in [5, 5.41) is 0.673. The third-order valence-electron chi connectivity index (χ3n) is 3.00. The number of hydrogen-bond donors (Lipinski definition) is 0. The third-order valence-corrected chi connectivity index (χ3v) is 3.59. The van der Waals surface area contributed by atoms with Crippen LogP contribution in [0, 0.1) is 0 Å². The van der Waals surface area contributed by atoms with Crippen LogP contribution >= 0.6 is 23.2 Å². The molecule has 0 saturated heterocycles. The van der Waals surface area contributed by atoms with E-state index in [9.17, 15) is 0 Å². The topological polar surface area (TPSA) is 12.5 Å². The summed E-state index contributed by atoms with van der Waals surface area (Å²) in [4.78, 5) is 2.00. The molecule has 0 bridgehead atoms. The van der Waals surface area contributed by atoms with Crippen molar-refractivity contribution in [2.45, 2.75) is 5.88 Å². The Bertz CT molecular complexity index is 572. The fourth-order valence-electron chi connectivity index (χ4n) is 2.07. The molecule has 0 unspecified atom stereocenters. The lowest BCUT2D eigenvalue weighted by Crippen LogP contribution is -2.13. The maximum absolute atomic E-state index is 6.31. The van der Waals surface area contributed by atoms with Gasteiger partial charge in [-0.05, 0) is 23.8 Å². The van der Waals surface area contributed by atoms with Gasteiger partial charge in [0.2, 0.25) is 0 Å². The summed E-state index contributed by atoms with van der Waals surface area (Å²) in [5.41, 5.74) is 2.84. The molecule has 0 fully saturated rings. The van der Waals surface area contributed by atoms with Gasteiger partial charge in [-0.1, -0.05) is 35.9 Å². The quantitative estimate of drug-likeness (QED) is 0.747. The Morgan fingerprint density at radius 2 is 1.84 bits per heavy atom. The molecule has 0 heterocycles. The predicted octanol–water partition coefficient (Wildman–Crippen LogP) is 4.86. The second-order valence-corrected chi connectivity index (χ2v) is 4.79. The van der Waals surface area contributed by atoms with Crippen LogP contribution in [0.3, 0.4) is 0 Å². The van der Waals surface area contributed by atoms with Crippen LogP contribution in [-0.2, 0) is 5.88 Å². The zero-order valence-electron chi connectivity index (χ0n) is 10.9. The highest BCUT2D eigenvalue weighted by atomic mass is 35.5. The predicted molar refractivity (Wildman–Crippen MR) is 82.1 cm³/mol. The Morgan fingerprint density at radius 3 is 2.53 bits per heavy atom. The average molecular weight is 296 g/mol. The van der Waals surface area contributed by atoms with E-state index in [1.807, 2.05) is 54.4 Å². The average Bonchev–Trinajstić information content (AvgIpc) is 2.46. The fourth-order valence-corrected chi connectivity index (χ4v) is 2.61. The van der Waals surface area contributed by atoms with Gasteiger partial charge in [-0.25, -0.2) is 0 Å². The molecule has 2 rings (SSSR count). The lowest BCUT2D eigenvalue weighted by molar-refractivity contribution is 0.415. The number of benzene rings is 2. The third kappa shape index (κ3) is 2.80. The summed E-state index contributed by atoms with van der Waals surface area (Å²) in [7, 11) is 3.61. The second kappa shape index (κ2) is 6.18. The van der Waals surface area contributed by atoms with E-state index in [-0.39, 0.29) is 0 Å². The van der Waals surface area contributed by atoms with E-state index in [2.05, 4.69) is 0 Å². The van der Waals surface area contributed by atoms with Crippen molar-refractivity contribution in [1.29, 1.82) is 0 Å². The Hall–Kier alpha value is -1.38. The van der Waals surface area contributed by atoms with Crippen LogP contribution in [0.5, 0.6) is 5.75 Å². The molecular weight excluding hydrogens is 281 g/mol. The van der Waals surface area contributed by atoms with Crippen LogP contribution < -0.4 is 9.64 Å². The van der Waals surface area contributed by atoms with Crippen molar-refractivity contribution in [2.24, 2.45) is 0 Å². The van der Waals surface area contributed by atoms with Crippen molar-refractivity contribution >= 4 is 34.6 Å². The van der Waals surface area contributed by atoms with Gasteiger partial charge in [0.05, 0.1) is 23.5 Å². The standard InChI is InChI=1S/C15H15Cl2NO/c1-18(13-8-3-4-9-14(13)19-2)15-11(10-16)6-5-7-12(15)17/h3-9H,10H2,1-2H3. The number of para-hydroxylation sites is 3. The number of anilines is 2. The SMILES string of the molecule is COc1ccccc1N(C)c1c(Cl)cccc1CCl. The number of rotatable bonds is 4. The molecule has 0 aliphatic carbocycles. The van der Waals surface area contributed by atoms with E-state index in [4.69, 9.17) is 27.9 Å². The molecule has 0 amide bonds. The number of methoxy groups -OCH3 is 1. The van der Waals surface area contributed by atoms with Crippen LogP contribution in [0.25, 0.3) is 0 Å². The molecule has 19 heavy (non-hydrogen) atoms. The first-order valence-electron chi connectivity index (χ1n) is 5.89.